The van der Waals surface area contributed by atoms with Crippen molar-refractivity contribution in [1.82, 2.24) is 10.6 Å². The van der Waals surface area contributed by atoms with Crippen LogP contribution in [0.25, 0.3) is 0 Å². The van der Waals surface area contributed by atoms with Crippen LogP contribution in [0.1, 0.15) is 70.3 Å². The molecule has 6 bridgehead atoms. The Bertz CT molecular complexity index is 793. The second-order valence-corrected chi connectivity index (χ2v) is 11.2. The molecule has 1 heterocycles. The molecule has 5 aliphatic carbocycles. The molecule has 0 spiro atoms. The normalized spacial score (nSPS) is 48.2. The van der Waals surface area contributed by atoms with Gasteiger partial charge in [0, 0.05) is 12.1 Å². The molecule has 2 N–H and O–H groups in total. The highest BCUT2D eigenvalue weighted by Crippen LogP contribution is 2.71. The highest BCUT2D eigenvalue weighted by atomic mass is 16.2. The van der Waals surface area contributed by atoms with Crippen LogP contribution in [-0.2, 0) is 10.2 Å². The third kappa shape index (κ3) is 2.41. The molecule has 7 atom stereocenters. The predicted octanol–water partition coefficient (Wildman–Crippen LogP) is 4.17. The van der Waals surface area contributed by atoms with Crippen molar-refractivity contribution in [3.63, 3.8) is 0 Å². The standard InChI is InChI=1S/C25H34N2O/c1-2-23-10-18-11-24(14-23,19-6-4-3-5-7-19)16-25(12-18,15-23)22(28)27-21-9-17-8-20(21)26-13-17/h3-7,17-18,20-21,26H,2,8-16H2,1H3,(H,27,28)/t17?,18?,20?,21?,23-,24-,25?/m0/s1. The van der Waals surface area contributed by atoms with Crippen molar-refractivity contribution in [3.05, 3.63) is 35.9 Å². The molecule has 0 aromatic heterocycles. The van der Waals surface area contributed by atoms with E-state index in [2.05, 4.69) is 47.9 Å². The molecular formula is C25H34N2O. The van der Waals surface area contributed by atoms with Gasteiger partial charge in [0.15, 0.2) is 0 Å². The van der Waals surface area contributed by atoms with E-state index in [0.29, 0.717) is 23.4 Å². The zero-order valence-corrected chi connectivity index (χ0v) is 17.2. The molecule has 1 saturated heterocycles. The fourth-order valence-corrected chi connectivity index (χ4v) is 8.73. The summed E-state index contributed by atoms with van der Waals surface area (Å²) < 4.78 is 0. The van der Waals surface area contributed by atoms with Crippen molar-refractivity contribution < 1.29 is 4.79 Å². The summed E-state index contributed by atoms with van der Waals surface area (Å²) >= 11 is 0. The zero-order chi connectivity index (χ0) is 19.0. The van der Waals surface area contributed by atoms with E-state index in [1.54, 1.807) is 0 Å². The van der Waals surface area contributed by atoms with Gasteiger partial charge in [-0.2, -0.15) is 0 Å². The van der Waals surface area contributed by atoms with Gasteiger partial charge in [0.1, 0.15) is 0 Å². The number of piperidine rings is 1. The van der Waals surface area contributed by atoms with Gasteiger partial charge in [-0.15, -0.1) is 0 Å². The number of fused-ring (bicyclic) bond motifs is 2. The molecule has 6 aliphatic rings. The van der Waals surface area contributed by atoms with Crippen LogP contribution in [0.15, 0.2) is 30.3 Å². The molecule has 1 amide bonds. The number of rotatable bonds is 4. The third-order valence-corrected chi connectivity index (χ3v) is 9.45. The van der Waals surface area contributed by atoms with E-state index in [9.17, 15) is 4.79 Å². The Morgan fingerprint density at radius 2 is 1.93 bits per heavy atom. The summed E-state index contributed by atoms with van der Waals surface area (Å²) in [5, 5.41) is 7.20. The lowest BCUT2D eigenvalue weighted by Crippen LogP contribution is -2.64. The number of carbonyl (C=O) groups excluding carboxylic acids is 1. The molecule has 1 aliphatic heterocycles. The Labute approximate surface area is 169 Å². The van der Waals surface area contributed by atoms with Crippen molar-refractivity contribution in [1.29, 1.82) is 0 Å². The molecule has 3 heteroatoms. The molecule has 5 saturated carbocycles. The maximum absolute atomic E-state index is 13.8. The number of hydrogen-bond acceptors (Lipinski definition) is 2. The number of amides is 1. The lowest BCUT2D eigenvalue weighted by atomic mass is 9.38. The number of benzene rings is 1. The van der Waals surface area contributed by atoms with Crippen LogP contribution in [0.4, 0.5) is 0 Å². The maximum atomic E-state index is 13.8. The third-order valence-electron chi connectivity index (χ3n) is 9.45. The summed E-state index contributed by atoms with van der Waals surface area (Å²) in [5.41, 5.74) is 1.96. The monoisotopic (exact) mass is 378 g/mol. The van der Waals surface area contributed by atoms with Crippen LogP contribution in [0.3, 0.4) is 0 Å². The minimum absolute atomic E-state index is 0.132. The van der Waals surface area contributed by atoms with E-state index in [0.717, 1.165) is 37.6 Å². The first kappa shape index (κ1) is 17.5. The van der Waals surface area contributed by atoms with Gasteiger partial charge in [-0.1, -0.05) is 43.7 Å². The number of carbonyl (C=O) groups is 1. The average Bonchev–Trinajstić information content (AvgIpc) is 3.31. The molecule has 1 aromatic carbocycles. The van der Waals surface area contributed by atoms with Gasteiger partial charge < -0.3 is 10.6 Å². The first-order valence-corrected chi connectivity index (χ1v) is 11.6. The Morgan fingerprint density at radius 3 is 2.64 bits per heavy atom. The smallest absolute Gasteiger partial charge is 0.226 e. The number of hydrogen-bond donors (Lipinski definition) is 2. The number of nitrogens with one attached hydrogen (secondary N) is 2. The molecule has 3 nitrogen and oxygen atoms in total. The van der Waals surface area contributed by atoms with Gasteiger partial charge in [-0.25, -0.2) is 0 Å². The first-order valence-electron chi connectivity index (χ1n) is 11.6. The van der Waals surface area contributed by atoms with Crippen molar-refractivity contribution in [2.24, 2.45) is 22.7 Å². The summed E-state index contributed by atoms with van der Waals surface area (Å²) in [4.78, 5) is 13.8. The van der Waals surface area contributed by atoms with Gasteiger partial charge in [0.2, 0.25) is 5.91 Å². The van der Waals surface area contributed by atoms with Crippen LogP contribution in [0.5, 0.6) is 0 Å². The molecule has 6 fully saturated rings. The van der Waals surface area contributed by atoms with Crippen LogP contribution in [-0.4, -0.2) is 24.5 Å². The van der Waals surface area contributed by atoms with Crippen LogP contribution < -0.4 is 10.6 Å². The SMILES string of the molecule is CC[C@@]12CC3CC(C(=O)NC4CC5CNC4C5)(C1)C[C@](c1ccccc1)(C3)C2. The predicted molar refractivity (Wildman–Crippen MR) is 111 cm³/mol. The second-order valence-electron chi connectivity index (χ2n) is 11.2. The van der Waals surface area contributed by atoms with Crippen LogP contribution in [0, 0.1) is 22.7 Å². The lowest BCUT2D eigenvalue weighted by molar-refractivity contribution is -0.164. The highest BCUT2D eigenvalue weighted by Gasteiger charge is 2.65. The van der Waals surface area contributed by atoms with E-state index >= 15 is 0 Å². The molecular weight excluding hydrogens is 344 g/mol. The summed E-state index contributed by atoms with van der Waals surface area (Å²) in [7, 11) is 0. The Morgan fingerprint density at radius 1 is 1.07 bits per heavy atom. The van der Waals surface area contributed by atoms with E-state index in [1.165, 1.54) is 44.1 Å². The molecule has 150 valence electrons. The largest absolute Gasteiger partial charge is 0.351 e. The molecule has 5 unspecified atom stereocenters. The van der Waals surface area contributed by atoms with Crippen molar-refractivity contribution in [3.8, 4) is 0 Å². The van der Waals surface area contributed by atoms with Gasteiger partial charge in [0.05, 0.1) is 5.41 Å². The van der Waals surface area contributed by atoms with E-state index in [4.69, 9.17) is 0 Å². The maximum Gasteiger partial charge on any atom is 0.226 e. The average molecular weight is 379 g/mol. The van der Waals surface area contributed by atoms with Gasteiger partial charge in [-0.05, 0) is 86.1 Å². The first-order chi connectivity index (χ1) is 13.5. The van der Waals surface area contributed by atoms with Crippen molar-refractivity contribution in [2.45, 2.75) is 82.2 Å². The summed E-state index contributed by atoms with van der Waals surface area (Å²) in [5.74, 6) is 1.90. The molecule has 7 rings (SSSR count). The van der Waals surface area contributed by atoms with Crippen LogP contribution >= 0.6 is 0 Å². The van der Waals surface area contributed by atoms with Crippen LogP contribution in [0.2, 0.25) is 0 Å². The quantitative estimate of drug-likeness (QED) is 0.825. The van der Waals surface area contributed by atoms with Gasteiger partial charge in [0.25, 0.3) is 0 Å². The molecule has 0 radical (unpaired) electrons. The summed E-state index contributed by atoms with van der Waals surface area (Å²) in [6.07, 6.45) is 10.9. The lowest BCUT2D eigenvalue weighted by Gasteiger charge is -2.66. The fourth-order valence-electron chi connectivity index (χ4n) is 8.73. The van der Waals surface area contributed by atoms with E-state index < -0.39 is 0 Å². The topological polar surface area (TPSA) is 41.1 Å². The Hall–Kier alpha value is -1.35. The summed E-state index contributed by atoms with van der Waals surface area (Å²) in [6, 6.07) is 12.1. The summed E-state index contributed by atoms with van der Waals surface area (Å²) in [6.45, 7) is 3.53. The Kier molecular flexibility index (Phi) is 3.65. The molecule has 28 heavy (non-hydrogen) atoms. The van der Waals surface area contributed by atoms with E-state index in [-0.39, 0.29) is 10.8 Å². The van der Waals surface area contributed by atoms with Gasteiger partial charge >= 0.3 is 0 Å². The fraction of sp³-hybridized carbons (Fsp3) is 0.720. The Balaban J connectivity index is 1.34. The molecule has 1 aromatic rings. The van der Waals surface area contributed by atoms with E-state index in [1.807, 2.05) is 0 Å². The van der Waals surface area contributed by atoms with Crippen molar-refractivity contribution >= 4 is 5.91 Å². The second kappa shape index (κ2) is 5.84. The van der Waals surface area contributed by atoms with Gasteiger partial charge in [-0.3, -0.25) is 4.79 Å². The highest BCUT2D eigenvalue weighted by molar-refractivity contribution is 5.84. The minimum atomic E-state index is -0.132. The van der Waals surface area contributed by atoms with Crippen molar-refractivity contribution in [2.75, 3.05) is 6.54 Å². The zero-order valence-electron chi connectivity index (χ0n) is 17.2. The minimum Gasteiger partial charge on any atom is -0.351 e.